The third-order valence-electron chi connectivity index (χ3n) is 3.29. The summed E-state index contributed by atoms with van der Waals surface area (Å²) in [6.07, 6.45) is 2.03. The fourth-order valence-electron chi connectivity index (χ4n) is 2.42. The molecule has 88 valence electrons. The van der Waals surface area contributed by atoms with Crippen molar-refractivity contribution in [3.63, 3.8) is 0 Å². The number of nitrogens with one attached hydrogen (secondary N) is 1. The number of aryl methyl sites for hydroxylation is 1. The van der Waals surface area contributed by atoms with Gasteiger partial charge in [-0.05, 0) is 30.7 Å². The Labute approximate surface area is 108 Å². The molecule has 0 unspecified atom stereocenters. The minimum absolute atomic E-state index is 0.728. The maximum absolute atomic E-state index is 6.19. The van der Waals surface area contributed by atoms with Gasteiger partial charge in [0, 0.05) is 11.6 Å². The highest BCUT2D eigenvalue weighted by molar-refractivity contribution is 6.36. The largest absolute Gasteiger partial charge is 0.338 e. The highest BCUT2D eigenvalue weighted by Crippen LogP contribution is 2.30. The number of rotatable bonds is 0. The van der Waals surface area contributed by atoms with Crippen molar-refractivity contribution in [3.8, 4) is 0 Å². The maximum atomic E-state index is 6.19. The van der Waals surface area contributed by atoms with Crippen LogP contribution in [0.25, 0.3) is 27.7 Å². The van der Waals surface area contributed by atoms with Gasteiger partial charge in [-0.3, -0.25) is 4.40 Å². The second-order valence-electron chi connectivity index (χ2n) is 4.53. The predicted octanol–water partition coefficient (Wildman–Crippen LogP) is 3.93. The van der Waals surface area contributed by atoms with Crippen LogP contribution in [0.3, 0.4) is 0 Å². The second kappa shape index (κ2) is 3.27. The molecule has 3 nitrogen and oxygen atoms in total. The van der Waals surface area contributed by atoms with Gasteiger partial charge in [0.05, 0.1) is 10.5 Å². The smallest absolute Gasteiger partial charge is 0.143 e. The van der Waals surface area contributed by atoms with E-state index in [-0.39, 0.29) is 0 Å². The van der Waals surface area contributed by atoms with Crippen LogP contribution in [0.15, 0.2) is 36.5 Å². The lowest BCUT2D eigenvalue weighted by molar-refractivity contribution is 1.18. The zero-order valence-electron chi connectivity index (χ0n) is 9.74. The molecule has 0 aliphatic heterocycles. The fraction of sp³-hybridized carbons (Fsp3) is 0.0714. The third-order valence-corrected chi connectivity index (χ3v) is 3.61. The molecular weight excluding hydrogens is 246 g/mol. The molecule has 0 saturated heterocycles. The Morgan fingerprint density at radius 2 is 2.17 bits per heavy atom. The van der Waals surface area contributed by atoms with Gasteiger partial charge in [-0.2, -0.15) is 0 Å². The number of hydrogen-bond donors (Lipinski definition) is 1. The van der Waals surface area contributed by atoms with Crippen molar-refractivity contribution >= 4 is 39.3 Å². The summed E-state index contributed by atoms with van der Waals surface area (Å²) in [5.41, 5.74) is 5.08. The zero-order valence-corrected chi connectivity index (χ0v) is 10.5. The number of imidazole rings is 1. The van der Waals surface area contributed by atoms with Gasteiger partial charge in [0.15, 0.2) is 0 Å². The SMILES string of the molecule is Cc1ccn2c(c1)nc1c3cccc(Cl)c3[nH]c12. The molecule has 4 rings (SSSR count). The number of nitrogens with zero attached hydrogens (tertiary/aromatic N) is 2. The lowest BCUT2D eigenvalue weighted by Crippen LogP contribution is -1.85. The molecule has 4 heteroatoms. The van der Waals surface area contributed by atoms with E-state index < -0.39 is 0 Å². The summed E-state index contributed by atoms with van der Waals surface area (Å²) in [5, 5.41) is 1.80. The first kappa shape index (κ1) is 9.97. The van der Waals surface area contributed by atoms with Crippen LogP contribution in [0.2, 0.25) is 5.02 Å². The minimum Gasteiger partial charge on any atom is -0.338 e. The van der Waals surface area contributed by atoms with Gasteiger partial charge in [-0.25, -0.2) is 4.98 Å². The summed E-state index contributed by atoms with van der Waals surface area (Å²) in [4.78, 5) is 8.04. The van der Waals surface area contributed by atoms with Gasteiger partial charge in [0.2, 0.25) is 0 Å². The molecule has 0 aliphatic rings. The highest BCUT2D eigenvalue weighted by atomic mass is 35.5. The van der Waals surface area contributed by atoms with Crippen LogP contribution >= 0.6 is 11.6 Å². The Hall–Kier alpha value is -2.00. The van der Waals surface area contributed by atoms with Crippen molar-refractivity contribution in [1.82, 2.24) is 14.4 Å². The van der Waals surface area contributed by atoms with Crippen LogP contribution in [0.5, 0.6) is 0 Å². The number of aromatic nitrogens is 3. The Bertz CT molecular complexity index is 901. The Kier molecular flexibility index (Phi) is 1.81. The van der Waals surface area contributed by atoms with Crippen molar-refractivity contribution in [3.05, 3.63) is 47.1 Å². The summed E-state index contributed by atoms with van der Waals surface area (Å²) in [5.74, 6) is 0. The van der Waals surface area contributed by atoms with Gasteiger partial charge >= 0.3 is 0 Å². The third kappa shape index (κ3) is 1.17. The van der Waals surface area contributed by atoms with Gasteiger partial charge in [-0.15, -0.1) is 0 Å². The number of benzene rings is 1. The Morgan fingerprint density at radius 3 is 3.06 bits per heavy atom. The molecule has 4 aromatic rings. The first-order valence-corrected chi connectivity index (χ1v) is 6.16. The van der Waals surface area contributed by atoms with Crippen molar-refractivity contribution in [2.45, 2.75) is 6.92 Å². The molecular formula is C14H10ClN3. The number of hydrogen-bond acceptors (Lipinski definition) is 1. The van der Waals surface area contributed by atoms with E-state index in [0.717, 1.165) is 32.7 Å². The fourth-order valence-corrected chi connectivity index (χ4v) is 2.64. The standard InChI is InChI=1S/C14H10ClN3/c1-8-5-6-18-11(7-8)16-13-9-3-2-4-10(15)12(9)17-14(13)18/h2-7,17H,1H3. The van der Waals surface area contributed by atoms with Gasteiger partial charge in [0.25, 0.3) is 0 Å². The average molecular weight is 256 g/mol. The normalized spacial score (nSPS) is 11.9. The molecule has 3 aromatic heterocycles. The summed E-state index contributed by atoms with van der Waals surface area (Å²) in [7, 11) is 0. The number of aromatic amines is 1. The van der Waals surface area contributed by atoms with Gasteiger partial charge < -0.3 is 4.98 Å². The van der Waals surface area contributed by atoms with Gasteiger partial charge in [0.1, 0.15) is 16.8 Å². The number of H-pyrrole nitrogens is 1. The lowest BCUT2D eigenvalue weighted by atomic mass is 10.2. The quantitative estimate of drug-likeness (QED) is 0.507. The lowest BCUT2D eigenvalue weighted by Gasteiger charge is -1.96. The molecule has 0 atom stereocenters. The molecule has 0 saturated carbocycles. The van der Waals surface area contributed by atoms with Gasteiger partial charge in [-0.1, -0.05) is 23.7 Å². The molecule has 0 amide bonds. The van der Waals surface area contributed by atoms with Crippen LogP contribution in [-0.4, -0.2) is 14.4 Å². The number of fused-ring (bicyclic) bond motifs is 5. The van der Waals surface area contributed by atoms with Crippen molar-refractivity contribution in [1.29, 1.82) is 0 Å². The molecule has 0 radical (unpaired) electrons. The van der Waals surface area contributed by atoms with E-state index in [1.807, 2.05) is 24.4 Å². The maximum Gasteiger partial charge on any atom is 0.143 e. The number of pyridine rings is 1. The van der Waals surface area contributed by atoms with Crippen LogP contribution in [0.1, 0.15) is 5.56 Å². The first-order valence-electron chi connectivity index (χ1n) is 5.78. The van der Waals surface area contributed by atoms with E-state index >= 15 is 0 Å². The topological polar surface area (TPSA) is 33.1 Å². The Morgan fingerprint density at radius 1 is 1.28 bits per heavy atom. The van der Waals surface area contributed by atoms with Crippen LogP contribution in [0.4, 0.5) is 0 Å². The van der Waals surface area contributed by atoms with Crippen molar-refractivity contribution in [2.75, 3.05) is 0 Å². The minimum atomic E-state index is 0.728. The molecule has 0 fully saturated rings. The first-order chi connectivity index (χ1) is 8.74. The second-order valence-corrected chi connectivity index (χ2v) is 4.94. The molecule has 1 N–H and O–H groups in total. The van der Waals surface area contributed by atoms with E-state index in [2.05, 4.69) is 33.4 Å². The number of halogens is 1. The zero-order chi connectivity index (χ0) is 12.3. The van der Waals surface area contributed by atoms with Crippen molar-refractivity contribution < 1.29 is 0 Å². The van der Waals surface area contributed by atoms with E-state index in [1.54, 1.807) is 0 Å². The van der Waals surface area contributed by atoms with Crippen LogP contribution in [0, 0.1) is 6.92 Å². The monoisotopic (exact) mass is 255 g/mol. The van der Waals surface area contributed by atoms with E-state index in [4.69, 9.17) is 11.6 Å². The summed E-state index contributed by atoms with van der Waals surface area (Å²) in [6, 6.07) is 10.0. The average Bonchev–Trinajstić information content (AvgIpc) is 2.86. The van der Waals surface area contributed by atoms with E-state index in [9.17, 15) is 0 Å². The molecule has 18 heavy (non-hydrogen) atoms. The van der Waals surface area contributed by atoms with Crippen LogP contribution in [-0.2, 0) is 0 Å². The summed E-state index contributed by atoms with van der Waals surface area (Å²) >= 11 is 6.19. The summed E-state index contributed by atoms with van der Waals surface area (Å²) < 4.78 is 2.05. The number of para-hydroxylation sites is 1. The van der Waals surface area contributed by atoms with E-state index in [1.165, 1.54) is 5.56 Å². The van der Waals surface area contributed by atoms with Crippen molar-refractivity contribution in [2.24, 2.45) is 0 Å². The molecule has 0 spiro atoms. The molecule has 3 heterocycles. The van der Waals surface area contributed by atoms with Crippen LogP contribution < -0.4 is 0 Å². The highest BCUT2D eigenvalue weighted by Gasteiger charge is 2.12. The Balaban J connectivity index is 2.28. The molecule has 1 aromatic carbocycles. The summed E-state index contributed by atoms with van der Waals surface area (Å²) in [6.45, 7) is 2.07. The molecule has 0 aliphatic carbocycles. The van der Waals surface area contributed by atoms with E-state index in [0.29, 0.717) is 0 Å². The molecule has 0 bridgehead atoms. The predicted molar refractivity (Wildman–Crippen MR) is 74.3 cm³/mol.